The van der Waals surface area contributed by atoms with Gasteiger partial charge in [0.25, 0.3) is 0 Å². The first-order valence-electron chi connectivity index (χ1n) is 7.55. The second-order valence-electron chi connectivity index (χ2n) is 6.58. The van der Waals surface area contributed by atoms with Gasteiger partial charge in [-0.05, 0) is 48.0 Å². The van der Waals surface area contributed by atoms with Crippen molar-refractivity contribution in [2.45, 2.75) is 83.2 Å². The normalized spacial score (nSPS) is 32.7. The Morgan fingerprint density at radius 1 is 1.10 bits per heavy atom. The summed E-state index contributed by atoms with van der Waals surface area (Å²) in [5.41, 5.74) is 0. The third kappa shape index (κ3) is 4.46. The zero-order valence-electron chi connectivity index (χ0n) is 13.7. The highest BCUT2D eigenvalue weighted by atomic mass is 32.2. The molecule has 0 saturated carbocycles. The number of fused-ring (bicyclic) bond motifs is 1. The van der Waals surface area contributed by atoms with Gasteiger partial charge in [-0.25, -0.2) is 0 Å². The molecular formula is C14H27O5PS. The summed E-state index contributed by atoms with van der Waals surface area (Å²) in [5, 5.41) is 0. The van der Waals surface area contributed by atoms with E-state index in [0.29, 0.717) is 6.42 Å². The Kier molecular flexibility index (Phi) is 5.50. The Balaban J connectivity index is 2.10. The first kappa shape index (κ1) is 17.8. The molecule has 7 heteroatoms. The summed E-state index contributed by atoms with van der Waals surface area (Å²) in [6.07, 6.45) is 0.393. The smallest absolute Gasteiger partial charge is 0.344 e. The number of hydrogen-bond acceptors (Lipinski definition) is 6. The van der Waals surface area contributed by atoms with Gasteiger partial charge in [-0.15, -0.1) is 11.8 Å². The van der Waals surface area contributed by atoms with Crippen molar-refractivity contribution >= 4 is 19.4 Å². The minimum Gasteiger partial charge on any atom is -0.344 e. The SMILES string of the molecule is CC(C)OP(=O)(OC(C)C)[C@@H]1C[C@@H]2OC(C)(C)O[C@@H]2CS1. The zero-order chi connectivity index (χ0) is 15.8. The van der Waals surface area contributed by atoms with Gasteiger partial charge in [0, 0.05) is 5.75 Å². The maximum Gasteiger partial charge on any atom is 0.344 e. The summed E-state index contributed by atoms with van der Waals surface area (Å²) in [6.45, 7) is 11.4. The summed E-state index contributed by atoms with van der Waals surface area (Å²) in [5.74, 6) is 0.193. The highest BCUT2D eigenvalue weighted by molar-refractivity contribution is 8.05. The number of rotatable bonds is 5. The van der Waals surface area contributed by atoms with E-state index in [1.807, 2.05) is 41.5 Å². The summed E-state index contributed by atoms with van der Waals surface area (Å²) in [4.78, 5) is -0.193. The molecule has 2 aliphatic heterocycles. The van der Waals surface area contributed by atoms with Crippen LogP contribution in [-0.4, -0.2) is 40.9 Å². The van der Waals surface area contributed by atoms with Crippen LogP contribution in [0.15, 0.2) is 0 Å². The van der Waals surface area contributed by atoms with Gasteiger partial charge in [-0.3, -0.25) is 4.57 Å². The molecule has 0 amide bonds. The molecule has 5 nitrogen and oxygen atoms in total. The minimum atomic E-state index is -3.17. The number of thioether (sulfide) groups is 1. The fourth-order valence-electron chi connectivity index (χ4n) is 2.69. The first-order chi connectivity index (χ1) is 9.61. The molecule has 0 bridgehead atoms. The lowest BCUT2D eigenvalue weighted by Crippen LogP contribution is -2.35. The van der Waals surface area contributed by atoms with Crippen molar-refractivity contribution in [2.24, 2.45) is 0 Å². The van der Waals surface area contributed by atoms with Crippen molar-refractivity contribution in [1.82, 2.24) is 0 Å². The number of ether oxygens (including phenoxy) is 2. The number of hydrogen-bond donors (Lipinski definition) is 0. The van der Waals surface area contributed by atoms with Gasteiger partial charge >= 0.3 is 7.60 Å². The van der Waals surface area contributed by atoms with Crippen molar-refractivity contribution in [3.8, 4) is 0 Å². The van der Waals surface area contributed by atoms with Crippen LogP contribution >= 0.6 is 19.4 Å². The van der Waals surface area contributed by atoms with Crippen LogP contribution in [0.4, 0.5) is 0 Å². The van der Waals surface area contributed by atoms with Gasteiger partial charge in [-0.1, -0.05) is 0 Å². The van der Waals surface area contributed by atoms with E-state index in [-0.39, 0.29) is 29.4 Å². The Morgan fingerprint density at radius 3 is 2.14 bits per heavy atom. The van der Waals surface area contributed by atoms with Crippen molar-refractivity contribution < 1.29 is 23.1 Å². The lowest BCUT2D eigenvalue weighted by molar-refractivity contribution is -0.144. The molecule has 2 saturated heterocycles. The Bertz CT molecular complexity index is 398. The zero-order valence-corrected chi connectivity index (χ0v) is 15.4. The lowest BCUT2D eigenvalue weighted by Gasteiger charge is -2.34. The van der Waals surface area contributed by atoms with E-state index in [1.165, 1.54) is 0 Å². The molecule has 0 spiro atoms. The highest BCUT2D eigenvalue weighted by Crippen LogP contribution is 2.62. The molecule has 0 aromatic rings. The summed E-state index contributed by atoms with van der Waals surface area (Å²) >= 11 is 1.61. The van der Waals surface area contributed by atoms with Gasteiger partial charge in [0.15, 0.2) is 5.79 Å². The molecule has 2 heterocycles. The Labute approximate surface area is 132 Å². The second kappa shape index (κ2) is 6.50. The van der Waals surface area contributed by atoms with Crippen LogP contribution in [-0.2, 0) is 23.1 Å². The molecular weight excluding hydrogens is 311 g/mol. The van der Waals surface area contributed by atoms with E-state index in [1.54, 1.807) is 11.8 Å². The van der Waals surface area contributed by atoms with Crippen molar-refractivity contribution in [2.75, 3.05) is 5.75 Å². The fourth-order valence-corrected chi connectivity index (χ4v) is 6.96. The molecule has 2 rings (SSSR count). The Hall–Kier alpha value is 0.420. The van der Waals surface area contributed by atoms with E-state index < -0.39 is 13.4 Å². The van der Waals surface area contributed by atoms with Gasteiger partial charge in [-0.2, -0.15) is 0 Å². The second-order valence-corrected chi connectivity index (χ2v) is 10.3. The molecule has 2 aliphatic rings. The topological polar surface area (TPSA) is 54.0 Å². The van der Waals surface area contributed by atoms with Crippen LogP contribution in [0.5, 0.6) is 0 Å². The van der Waals surface area contributed by atoms with Crippen LogP contribution in [0.1, 0.15) is 48.0 Å². The Morgan fingerprint density at radius 2 is 1.62 bits per heavy atom. The molecule has 0 aromatic heterocycles. The van der Waals surface area contributed by atoms with Crippen LogP contribution in [0.3, 0.4) is 0 Å². The van der Waals surface area contributed by atoms with Gasteiger partial charge in [0.1, 0.15) is 4.99 Å². The van der Waals surface area contributed by atoms with Crippen LogP contribution in [0.2, 0.25) is 0 Å². The monoisotopic (exact) mass is 338 g/mol. The van der Waals surface area contributed by atoms with E-state index in [9.17, 15) is 4.57 Å². The van der Waals surface area contributed by atoms with Crippen molar-refractivity contribution in [3.63, 3.8) is 0 Å². The van der Waals surface area contributed by atoms with E-state index in [4.69, 9.17) is 18.5 Å². The molecule has 0 N–H and O–H groups in total. The van der Waals surface area contributed by atoms with Crippen molar-refractivity contribution in [3.05, 3.63) is 0 Å². The largest absolute Gasteiger partial charge is 0.344 e. The third-order valence-corrected chi connectivity index (χ3v) is 7.91. The molecule has 0 aromatic carbocycles. The molecule has 0 aliphatic carbocycles. The van der Waals surface area contributed by atoms with E-state index >= 15 is 0 Å². The molecule has 21 heavy (non-hydrogen) atoms. The predicted molar refractivity (Wildman–Crippen MR) is 84.7 cm³/mol. The summed E-state index contributed by atoms with van der Waals surface area (Å²) in [7, 11) is -3.17. The average molecular weight is 338 g/mol. The van der Waals surface area contributed by atoms with E-state index in [0.717, 1.165) is 5.75 Å². The summed E-state index contributed by atoms with van der Waals surface area (Å²) < 4.78 is 36.4. The van der Waals surface area contributed by atoms with Gasteiger partial charge in [0.05, 0.1) is 24.4 Å². The standard InChI is InChI=1S/C14H27O5PS/c1-9(2)18-20(15,19-10(3)4)13-7-11-12(8-21-13)17-14(5,6)16-11/h9-13H,7-8H2,1-6H3/t11-,12+,13-/m0/s1. The molecule has 124 valence electrons. The molecule has 2 fully saturated rings. The predicted octanol–water partition coefficient (Wildman–Crippen LogP) is 4.01. The van der Waals surface area contributed by atoms with E-state index in [2.05, 4.69) is 0 Å². The van der Waals surface area contributed by atoms with Gasteiger partial charge in [0.2, 0.25) is 0 Å². The lowest BCUT2D eigenvalue weighted by atomic mass is 10.2. The maximum absolute atomic E-state index is 13.2. The maximum atomic E-state index is 13.2. The van der Waals surface area contributed by atoms with Crippen molar-refractivity contribution in [1.29, 1.82) is 0 Å². The van der Waals surface area contributed by atoms with Crippen LogP contribution < -0.4 is 0 Å². The fraction of sp³-hybridized carbons (Fsp3) is 1.00. The van der Waals surface area contributed by atoms with Gasteiger partial charge < -0.3 is 18.5 Å². The highest BCUT2D eigenvalue weighted by Gasteiger charge is 2.50. The third-order valence-electron chi connectivity index (χ3n) is 3.24. The van der Waals surface area contributed by atoms with Crippen LogP contribution in [0.25, 0.3) is 0 Å². The first-order valence-corrected chi connectivity index (χ1v) is 10.2. The summed E-state index contributed by atoms with van der Waals surface area (Å²) in [6, 6.07) is 0. The molecule has 3 atom stereocenters. The molecule has 0 unspecified atom stereocenters. The quantitative estimate of drug-likeness (QED) is 0.706. The molecule has 0 radical (unpaired) electrons. The minimum absolute atomic E-state index is 0.0360. The van der Waals surface area contributed by atoms with Crippen LogP contribution in [0, 0.1) is 0 Å². The average Bonchev–Trinajstić information content (AvgIpc) is 2.58.